The zero-order valence-corrected chi connectivity index (χ0v) is 15.7. The molecule has 0 saturated carbocycles. The number of thioether (sulfide) groups is 1. The van der Waals surface area contributed by atoms with Gasteiger partial charge < -0.3 is 15.1 Å². The van der Waals surface area contributed by atoms with E-state index in [-0.39, 0.29) is 0 Å². The number of guanidine groups is 1. The Morgan fingerprint density at radius 2 is 2.04 bits per heavy atom. The zero-order valence-electron chi connectivity index (χ0n) is 14.1. The molecular formula is C17H27ClN4S. The number of piperazine rings is 1. The fourth-order valence-corrected chi connectivity index (χ4v) is 3.43. The van der Waals surface area contributed by atoms with Crippen LogP contribution in [0.5, 0.6) is 0 Å². The number of unbranched alkanes of at least 4 members (excludes halogenated alkanes) is 1. The lowest BCUT2D eigenvalue weighted by Crippen LogP contribution is -2.52. The van der Waals surface area contributed by atoms with Gasteiger partial charge in [0.15, 0.2) is 5.96 Å². The van der Waals surface area contributed by atoms with Crippen molar-refractivity contribution in [2.24, 2.45) is 4.99 Å². The molecule has 1 aromatic rings. The molecule has 0 spiro atoms. The molecule has 128 valence electrons. The van der Waals surface area contributed by atoms with E-state index in [0.29, 0.717) is 0 Å². The van der Waals surface area contributed by atoms with E-state index in [2.05, 4.69) is 32.4 Å². The maximum atomic E-state index is 6.09. The monoisotopic (exact) mass is 354 g/mol. The number of hydrogen-bond donors (Lipinski definition) is 1. The Labute approximate surface area is 149 Å². The fourth-order valence-electron chi connectivity index (χ4n) is 2.75. The van der Waals surface area contributed by atoms with Crippen molar-refractivity contribution in [3.63, 3.8) is 0 Å². The Kier molecular flexibility index (Phi) is 7.89. The summed E-state index contributed by atoms with van der Waals surface area (Å²) in [7, 11) is 1.87. The first kappa shape index (κ1) is 18.3. The predicted octanol–water partition coefficient (Wildman–Crippen LogP) is 3.18. The van der Waals surface area contributed by atoms with Crippen LogP contribution < -0.4 is 10.2 Å². The van der Waals surface area contributed by atoms with Gasteiger partial charge in [-0.05, 0) is 43.0 Å². The third-order valence-electron chi connectivity index (χ3n) is 4.02. The molecule has 1 N–H and O–H groups in total. The molecular weight excluding hydrogens is 328 g/mol. The maximum absolute atomic E-state index is 6.09. The molecule has 1 heterocycles. The molecule has 0 aromatic heterocycles. The molecule has 0 aliphatic carbocycles. The Bertz CT molecular complexity index is 501. The van der Waals surface area contributed by atoms with Gasteiger partial charge in [0.05, 0.1) is 0 Å². The molecule has 1 aliphatic rings. The van der Waals surface area contributed by atoms with Gasteiger partial charge in [-0.2, -0.15) is 11.8 Å². The van der Waals surface area contributed by atoms with E-state index in [9.17, 15) is 0 Å². The number of nitrogens with one attached hydrogen (secondary N) is 1. The average Bonchev–Trinajstić information content (AvgIpc) is 2.58. The van der Waals surface area contributed by atoms with Crippen LogP contribution in [0.3, 0.4) is 0 Å². The second-order valence-corrected chi connectivity index (χ2v) is 7.05. The number of anilines is 1. The lowest BCUT2D eigenvalue weighted by atomic mass is 10.2. The summed E-state index contributed by atoms with van der Waals surface area (Å²) in [6, 6.07) is 8.10. The molecule has 1 aromatic carbocycles. The summed E-state index contributed by atoms with van der Waals surface area (Å²) in [5, 5.41) is 4.29. The van der Waals surface area contributed by atoms with Crippen LogP contribution in [0.15, 0.2) is 29.3 Å². The second kappa shape index (κ2) is 9.93. The van der Waals surface area contributed by atoms with Gasteiger partial charge in [-0.15, -0.1) is 0 Å². The molecule has 1 saturated heterocycles. The fraction of sp³-hybridized carbons (Fsp3) is 0.588. The van der Waals surface area contributed by atoms with Gasteiger partial charge in [-0.3, -0.25) is 4.99 Å². The average molecular weight is 355 g/mol. The number of nitrogens with zero attached hydrogens (tertiary/aromatic N) is 3. The van der Waals surface area contributed by atoms with Crippen molar-refractivity contribution < 1.29 is 0 Å². The van der Waals surface area contributed by atoms with E-state index in [4.69, 9.17) is 11.6 Å². The molecule has 0 bridgehead atoms. The van der Waals surface area contributed by atoms with Gasteiger partial charge in [0.25, 0.3) is 0 Å². The highest BCUT2D eigenvalue weighted by atomic mass is 35.5. The van der Waals surface area contributed by atoms with Crippen LogP contribution in [0, 0.1) is 0 Å². The molecule has 1 fully saturated rings. The maximum Gasteiger partial charge on any atom is 0.193 e. The smallest absolute Gasteiger partial charge is 0.193 e. The van der Waals surface area contributed by atoms with Crippen LogP contribution in [0.25, 0.3) is 0 Å². The van der Waals surface area contributed by atoms with E-state index in [1.807, 2.05) is 37.0 Å². The number of aliphatic imine (C=N–C) groups is 1. The number of hydrogen-bond acceptors (Lipinski definition) is 3. The van der Waals surface area contributed by atoms with Gasteiger partial charge in [0.2, 0.25) is 0 Å². The predicted molar refractivity (Wildman–Crippen MR) is 104 cm³/mol. The Morgan fingerprint density at radius 1 is 1.26 bits per heavy atom. The minimum Gasteiger partial charge on any atom is -0.368 e. The lowest BCUT2D eigenvalue weighted by molar-refractivity contribution is 0.372. The molecule has 0 unspecified atom stereocenters. The highest BCUT2D eigenvalue weighted by molar-refractivity contribution is 7.98. The molecule has 0 radical (unpaired) electrons. The van der Waals surface area contributed by atoms with Gasteiger partial charge >= 0.3 is 0 Å². The highest BCUT2D eigenvalue weighted by Gasteiger charge is 2.19. The van der Waals surface area contributed by atoms with Crippen LogP contribution in [-0.2, 0) is 0 Å². The number of rotatable bonds is 6. The van der Waals surface area contributed by atoms with Gasteiger partial charge in [-0.1, -0.05) is 17.7 Å². The summed E-state index contributed by atoms with van der Waals surface area (Å²) in [4.78, 5) is 9.15. The first-order valence-electron chi connectivity index (χ1n) is 8.19. The summed E-state index contributed by atoms with van der Waals surface area (Å²) >= 11 is 8.00. The molecule has 0 amide bonds. The highest BCUT2D eigenvalue weighted by Crippen LogP contribution is 2.20. The quantitative estimate of drug-likeness (QED) is 0.483. The van der Waals surface area contributed by atoms with Gasteiger partial charge in [0, 0.05) is 50.5 Å². The summed E-state index contributed by atoms with van der Waals surface area (Å²) in [6.07, 6.45) is 4.61. The van der Waals surface area contributed by atoms with Crippen LogP contribution >= 0.6 is 23.4 Å². The first-order valence-corrected chi connectivity index (χ1v) is 9.97. The van der Waals surface area contributed by atoms with Crippen molar-refractivity contribution in [2.45, 2.75) is 12.8 Å². The zero-order chi connectivity index (χ0) is 16.5. The second-order valence-electron chi connectivity index (χ2n) is 5.63. The van der Waals surface area contributed by atoms with Crippen molar-refractivity contribution in [1.82, 2.24) is 10.2 Å². The van der Waals surface area contributed by atoms with Crippen LogP contribution in [-0.4, -0.2) is 62.6 Å². The van der Waals surface area contributed by atoms with E-state index >= 15 is 0 Å². The van der Waals surface area contributed by atoms with E-state index in [0.717, 1.165) is 43.7 Å². The minimum atomic E-state index is 0.799. The number of halogens is 1. The van der Waals surface area contributed by atoms with Crippen LogP contribution in [0.2, 0.25) is 5.02 Å². The summed E-state index contributed by atoms with van der Waals surface area (Å²) in [5.74, 6) is 2.26. The standard InChI is InChI=1S/C17H27ClN4S/c1-19-17(20-8-3-4-13-23-2)22-11-9-21(10-12-22)16-7-5-6-15(18)14-16/h5-7,14H,3-4,8-13H2,1-2H3,(H,19,20). The number of benzene rings is 1. The SMILES string of the molecule is CN=C(NCCCCSC)N1CCN(c2cccc(Cl)c2)CC1. The Hall–Kier alpha value is -1.07. The molecule has 23 heavy (non-hydrogen) atoms. The lowest BCUT2D eigenvalue weighted by Gasteiger charge is -2.37. The van der Waals surface area contributed by atoms with Crippen LogP contribution in [0.4, 0.5) is 5.69 Å². The Balaban J connectivity index is 1.78. The van der Waals surface area contributed by atoms with Crippen molar-refractivity contribution in [3.05, 3.63) is 29.3 Å². The van der Waals surface area contributed by atoms with Crippen LogP contribution in [0.1, 0.15) is 12.8 Å². The first-order chi connectivity index (χ1) is 11.2. The third kappa shape index (κ3) is 5.81. The summed E-state index contributed by atoms with van der Waals surface area (Å²) in [5.41, 5.74) is 1.21. The van der Waals surface area contributed by atoms with Crippen molar-refractivity contribution in [1.29, 1.82) is 0 Å². The minimum absolute atomic E-state index is 0.799. The van der Waals surface area contributed by atoms with E-state index in [1.165, 1.54) is 24.3 Å². The third-order valence-corrected chi connectivity index (χ3v) is 4.95. The van der Waals surface area contributed by atoms with Gasteiger partial charge in [-0.25, -0.2) is 0 Å². The van der Waals surface area contributed by atoms with Gasteiger partial charge in [0.1, 0.15) is 0 Å². The largest absolute Gasteiger partial charge is 0.368 e. The van der Waals surface area contributed by atoms with E-state index < -0.39 is 0 Å². The summed E-state index contributed by atoms with van der Waals surface area (Å²) in [6.45, 7) is 4.96. The molecule has 2 rings (SSSR count). The van der Waals surface area contributed by atoms with Crippen molar-refractivity contribution >= 4 is 35.0 Å². The molecule has 6 heteroatoms. The molecule has 0 atom stereocenters. The summed E-state index contributed by atoms with van der Waals surface area (Å²) < 4.78 is 0. The topological polar surface area (TPSA) is 30.9 Å². The Morgan fingerprint density at radius 3 is 2.70 bits per heavy atom. The molecule has 1 aliphatic heterocycles. The normalized spacial score (nSPS) is 15.9. The van der Waals surface area contributed by atoms with Crippen molar-refractivity contribution in [3.8, 4) is 0 Å². The van der Waals surface area contributed by atoms with Crippen molar-refractivity contribution in [2.75, 3.05) is 56.7 Å². The molecule has 4 nitrogen and oxygen atoms in total. The van der Waals surface area contributed by atoms with E-state index in [1.54, 1.807) is 0 Å².